The zero-order valence-electron chi connectivity index (χ0n) is 14.5. The largest absolute Gasteiger partial charge is 0.391 e. The number of aromatic nitrogens is 4. The van der Waals surface area contributed by atoms with Gasteiger partial charge in [0.15, 0.2) is 0 Å². The Labute approximate surface area is 151 Å². The van der Waals surface area contributed by atoms with Crippen LogP contribution in [0.2, 0.25) is 0 Å². The van der Waals surface area contributed by atoms with Crippen LogP contribution in [0.4, 0.5) is 5.82 Å². The lowest BCUT2D eigenvalue weighted by Crippen LogP contribution is -2.29. The number of carbonyl (C=O) groups is 1. The van der Waals surface area contributed by atoms with Gasteiger partial charge >= 0.3 is 0 Å². The summed E-state index contributed by atoms with van der Waals surface area (Å²) in [6.07, 6.45) is 10.5. The summed E-state index contributed by atoms with van der Waals surface area (Å²) < 4.78 is 0. The number of aliphatic hydroxyl groups excluding tert-OH is 1. The lowest BCUT2D eigenvalue weighted by Gasteiger charge is -2.19. The molecule has 8 nitrogen and oxygen atoms in total. The normalized spacial score (nSPS) is 22.8. The molecule has 0 saturated carbocycles. The van der Waals surface area contributed by atoms with Gasteiger partial charge in [0, 0.05) is 50.7 Å². The van der Waals surface area contributed by atoms with Crippen molar-refractivity contribution in [2.45, 2.75) is 25.4 Å². The molecule has 0 aliphatic carbocycles. The Kier molecular flexibility index (Phi) is 4.75. The molecule has 2 saturated heterocycles. The average Bonchev–Trinajstić information content (AvgIpc) is 3.33. The molecule has 0 bridgehead atoms. The fraction of sp³-hybridized carbons (Fsp3) is 0.500. The maximum Gasteiger partial charge on any atom is 0.274 e. The lowest BCUT2D eigenvalue weighted by molar-refractivity contribution is 0.0786. The highest BCUT2D eigenvalue weighted by atomic mass is 16.3. The number of amides is 1. The van der Waals surface area contributed by atoms with Gasteiger partial charge in [-0.25, -0.2) is 4.98 Å². The summed E-state index contributed by atoms with van der Waals surface area (Å²) in [5.41, 5.74) is 1.23. The summed E-state index contributed by atoms with van der Waals surface area (Å²) in [7, 11) is 0. The predicted molar refractivity (Wildman–Crippen MR) is 94.6 cm³/mol. The Balaban J connectivity index is 1.46. The standard InChI is InChI=1S/C18H22N6O2/c25-16-12-24(11-13(16)7-14-8-19-3-4-21-14)17-10-20-9-15(22-17)18(26)23-5-1-2-6-23/h3-4,8-10,13,16,25H,1-2,5-7,11-12H2/t13-,16-/m1/s1. The fourth-order valence-corrected chi connectivity index (χ4v) is 3.64. The number of nitrogens with zero attached hydrogens (tertiary/aromatic N) is 6. The van der Waals surface area contributed by atoms with Gasteiger partial charge in [0.25, 0.3) is 5.91 Å². The van der Waals surface area contributed by atoms with Crippen molar-refractivity contribution in [3.63, 3.8) is 0 Å². The number of hydrogen-bond acceptors (Lipinski definition) is 7. The second-order valence-electron chi connectivity index (χ2n) is 6.90. The van der Waals surface area contributed by atoms with Crippen LogP contribution in [0.25, 0.3) is 0 Å². The van der Waals surface area contributed by atoms with Crippen LogP contribution in [-0.4, -0.2) is 68.1 Å². The lowest BCUT2D eigenvalue weighted by atomic mass is 10.0. The molecule has 0 spiro atoms. The van der Waals surface area contributed by atoms with Crippen LogP contribution in [-0.2, 0) is 6.42 Å². The molecule has 2 aliphatic rings. The number of likely N-dealkylation sites (tertiary alicyclic amines) is 1. The van der Waals surface area contributed by atoms with Crippen molar-refractivity contribution in [1.29, 1.82) is 0 Å². The summed E-state index contributed by atoms with van der Waals surface area (Å²) >= 11 is 0. The first-order valence-electron chi connectivity index (χ1n) is 9.00. The fourth-order valence-electron chi connectivity index (χ4n) is 3.64. The van der Waals surface area contributed by atoms with E-state index in [2.05, 4.69) is 19.9 Å². The first kappa shape index (κ1) is 16.8. The highest BCUT2D eigenvalue weighted by molar-refractivity contribution is 5.92. The molecule has 0 unspecified atom stereocenters. The number of rotatable bonds is 4. The highest BCUT2D eigenvalue weighted by Crippen LogP contribution is 2.25. The maximum atomic E-state index is 12.5. The molecule has 0 radical (unpaired) electrons. The Bertz CT molecular complexity index is 765. The van der Waals surface area contributed by atoms with E-state index in [-0.39, 0.29) is 11.8 Å². The van der Waals surface area contributed by atoms with Crippen molar-refractivity contribution in [2.24, 2.45) is 5.92 Å². The predicted octanol–water partition coefficient (Wildman–Crippen LogP) is 0.542. The van der Waals surface area contributed by atoms with Gasteiger partial charge in [-0.15, -0.1) is 0 Å². The van der Waals surface area contributed by atoms with Crippen LogP contribution < -0.4 is 4.90 Å². The van der Waals surface area contributed by atoms with Gasteiger partial charge in [0.2, 0.25) is 0 Å². The maximum absolute atomic E-state index is 12.5. The molecule has 1 N–H and O–H groups in total. The topological polar surface area (TPSA) is 95.3 Å². The Morgan fingerprint density at radius 2 is 1.96 bits per heavy atom. The molecule has 2 aromatic rings. The van der Waals surface area contributed by atoms with E-state index in [1.54, 1.807) is 24.8 Å². The molecule has 136 valence electrons. The number of β-amino-alcohol motifs (C(OH)–C–C–N with tert-alkyl or cyclic N) is 1. The van der Waals surface area contributed by atoms with Gasteiger partial charge in [0.05, 0.1) is 24.2 Å². The molecular weight excluding hydrogens is 332 g/mol. The van der Waals surface area contributed by atoms with Crippen LogP contribution in [0.15, 0.2) is 31.0 Å². The van der Waals surface area contributed by atoms with E-state index in [1.807, 2.05) is 9.80 Å². The number of hydrogen-bond donors (Lipinski definition) is 1. The van der Waals surface area contributed by atoms with Gasteiger partial charge in [-0.1, -0.05) is 0 Å². The quantitative estimate of drug-likeness (QED) is 0.856. The second kappa shape index (κ2) is 7.33. The summed E-state index contributed by atoms with van der Waals surface area (Å²) in [5, 5.41) is 10.4. The number of carbonyl (C=O) groups excluding carboxylic acids is 1. The second-order valence-corrected chi connectivity index (χ2v) is 6.90. The molecule has 4 heterocycles. The van der Waals surface area contributed by atoms with Crippen LogP contribution in [0.3, 0.4) is 0 Å². The molecule has 1 amide bonds. The van der Waals surface area contributed by atoms with Gasteiger partial charge in [0.1, 0.15) is 11.5 Å². The van der Waals surface area contributed by atoms with E-state index in [0.29, 0.717) is 31.0 Å². The van der Waals surface area contributed by atoms with Crippen molar-refractivity contribution < 1.29 is 9.90 Å². The molecule has 2 atom stereocenters. The van der Waals surface area contributed by atoms with Gasteiger partial charge in [-0.3, -0.25) is 19.7 Å². The molecule has 4 rings (SSSR count). The van der Waals surface area contributed by atoms with Crippen LogP contribution >= 0.6 is 0 Å². The van der Waals surface area contributed by atoms with Crippen molar-refractivity contribution in [3.8, 4) is 0 Å². The van der Waals surface area contributed by atoms with E-state index >= 15 is 0 Å². The minimum absolute atomic E-state index is 0.0476. The summed E-state index contributed by atoms with van der Waals surface area (Å²) in [6.45, 7) is 2.69. The minimum atomic E-state index is -0.475. The highest BCUT2D eigenvalue weighted by Gasteiger charge is 2.33. The molecular formula is C18H22N6O2. The van der Waals surface area contributed by atoms with Crippen molar-refractivity contribution in [1.82, 2.24) is 24.8 Å². The van der Waals surface area contributed by atoms with Crippen LogP contribution in [0.5, 0.6) is 0 Å². The van der Waals surface area contributed by atoms with Crippen LogP contribution in [0.1, 0.15) is 29.0 Å². The van der Waals surface area contributed by atoms with Gasteiger partial charge in [-0.05, 0) is 19.3 Å². The van der Waals surface area contributed by atoms with Gasteiger partial charge in [-0.2, -0.15) is 0 Å². The number of aliphatic hydroxyl groups is 1. The van der Waals surface area contributed by atoms with Crippen molar-refractivity contribution in [3.05, 3.63) is 42.4 Å². The van der Waals surface area contributed by atoms with Gasteiger partial charge < -0.3 is 14.9 Å². The monoisotopic (exact) mass is 354 g/mol. The summed E-state index contributed by atoms with van der Waals surface area (Å²) in [6, 6.07) is 0. The third-order valence-corrected chi connectivity index (χ3v) is 5.05. The first-order chi connectivity index (χ1) is 12.7. The van der Waals surface area contributed by atoms with E-state index in [4.69, 9.17) is 0 Å². The molecule has 2 aromatic heterocycles. The molecule has 26 heavy (non-hydrogen) atoms. The number of anilines is 1. The summed E-state index contributed by atoms with van der Waals surface area (Å²) in [4.78, 5) is 33.4. The van der Waals surface area contributed by atoms with Crippen molar-refractivity contribution in [2.75, 3.05) is 31.1 Å². The van der Waals surface area contributed by atoms with E-state index in [1.165, 1.54) is 6.20 Å². The SMILES string of the molecule is O=C(c1cncc(N2C[C@@H](Cc3cnccn3)[C@H](O)C2)n1)N1CCCC1. The smallest absolute Gasteiger partial charge is 0.274 e. The first-order valence-corrected chi connectivity index (χ1v) is 9.00. The molecule has 0 aromatic carbocycles. The zero-order valence-corrected chi connectivity index (χ0v) is 14.5. The molecule has 8 heteroatoms. The Morgan fingerprint density at radius 1 is 1.12 bits per heavy atom. The van der Waals surface area contributed by atoms with Crippen molar-refractivity contribution >= 4 is 11.7 Å². The molecule has 2 fully saturated rings. The van der Waals surface area contributed by atoms with E-state index < -0.39 is 6.10 Å². The van der Waals surface area contributed by atoms with E-state index in [0.717, 1.165) is 31.6 Å². The average molecular weight is 354 g/mol. The third kappa shape index (κ3) is 3.50. The third-order valence-electron chi connectivity index (χ3n) is 5.05. The van der Waals surface area contributed by atoms with E-state index in [9.17, 15) is 9.90 Å². The Morgan fingerprint density at radius 3 is 2.73 bits per heavy atom. The zero-order chi connectivity index (χ0) is 17.9. The minimum Gasteiger partial charge on any atom is -0.391 e. The Hall–Kier alpha value is -2.61. The van der Waals surface area contributed by atoms with Crippen LogP contribution in [0, 0.1) is 5.92 Å². The summed E-state index contributed by atoms with van der Waals surface area (Å²) in [5.74, 6) is 0.620. The molecule has 2 aliphatic heterocycles.